The Labute approximate surface area is 116 Å². The van der Waals surface area contributed by atoms with Crippen LogP contribution >= 0.6 is 0 Å². The van der Waals surface area contributed by atoms with Gasteiger partial charge in [-0.15, -0.1) is 10.2 Å². The van der Waals surface area contributed by atoms with E-state index < -0.39 is 0 Å². The third-order valence-corrected chi connectivity index (χ3v) is 3.29. The van der Waals surface area contributed by atoms with Gasteiger partial charge in [0.2, 0.25) is 6.39 Å². The van der Waals surface area contributed by atoms with Crippen molar-refractivity contribution in [3.8, 4) is 17.2 Å². The van der Waals surface area contributed by atoms with E-state index in [4.69, 9.17) is 9.15 Å². The van der Waals surface area contributed by atoms with Crippen LogP contribution in [0, 0.1) is 0 Å². The number of likely N-dealkylation sites (tertiary alicyclic amines) is 1. The lowest BCUT2D eigenvalue weighted by Gasteiger charge is -2.16. The first-order valence-electron chi connectivity index (χ1n) is 6.61. The largest absolute Gasteiger partial charge is 0.483 e. The van der Waals surface area contributed by atoms with Crippen LogP contribution in [0.4, 0.5) is 0 Å². The topological polar surface area (TPSA) is 68.5 Å². The summed E-state index contributed by atoms with van der Waals surface area (Å²) in [5.74, 6) is 0.973. The fraction of sp³-hybridized carbons (Fsp3) is 0.357. The molecule has 2 heterocycles. The summed E-state index contributed by atoms with van der Waals surface area (Å²) < 4.78 is 10.8. The average Bonchev–Trinajstić information content (AvgIpc) is 3.17. The number of benzene rings is 1. The summed E-state index contributed by atoms with van der Waals surface area (Å²) in [4.78, 5) is 13.8. The van der Waals surface area contributed by atoms with E-state index in [9.17, 15) is 4.79 Å². The monoisotopic (exact) mass is 273 g/mol. The number of para-hydroxylation sites is 1. The molecule has 0 unspecified atom stereocenters. The van der Waals surface area contributed by atoms with Gasteiger partial charge in [0.05, 0.1) is 5.56 Å². The number of rotatable bonds is 4. The SMILES string of the molecule is O=C(COc1ccccc1-c1nnco1)N1CCCC1. The van der Waals surface area contributed by atoms with Crippen LogP contribution in [-0.2, 0) is 4.79 Å². The Hall–Kier alpha value is -2.37. The van der Waals surface area contributed by atoms with E-state index in [0.29, 0.717) is 17.2 Å². The second-order valence-corrected chi connectivity index (χ2v) is 4.62. The van der Waals surface area contributed by atoms with Crippen LogP contribution in [0.5, 0.6) is 5.75 Å². The van der Waals surface area contributed by atoms with Crippen LogP contribution in [0.1, 0.15) is 12.8 Å². The van der Waals surface area contributed by atoms with Crippen LogP contribution in [0.15, 0.2) is 35.1 Å². The molecule has 0 N–H and O–H groups in total. The van der Waals surface area contributed by atoms with E-state index >= 15 is 0 Å². The number of carbonyl (C=O) groups is 1. The van der Waals surface area contributed by atoms with Crippen molar-refractivity contribution >= 4 is 5.91 Å². The van der Waals surface area contributed by atoms with Crippen molar-refractivity contribution in [2.75, 3.05) is 19.7 Å². The molecule has 1 saturated heterocycles. The predicted octanol–water partition coefficient (Wildman–Crippen LogP) is 1.74. The lowest BCUT2D eigenvalue weighted by Crippen LogP contribution is -2.32. The van der Waals surface area contributed by atoms with Gasteiger partial charge in [-0.2, -0.15) is 0 Å². The van der Waals surface area contributed by atoms with Crippen molar-refractivity contribution in [3.05, 3.63) is 30.7 Å². The molecule has 1 aliphatic rings. The van der Waals surface area contributed by atoms with Crippen molar-refractivity contribution in [2.45, 2.75) is 12.8 Å². The molecule has 3 rings (SSSR count). The van der Waals surface area contributed by atoms with Gasteiger partial charge in [0.1, 0.15) is 5.75 Å². The molecule has 20 heavy (non-hydrogen) atoms. The zero-order valence-electron chi connectivity index (χ0n) is 11.0. The third kappa shape index (κ3) is 2.64. The Morgan fingerprint density at radius 2 is 2.10 bits per heavy atom. The summed E-state index contributed by atoms with van der Waals surface area (Å²) in [7, 11) is 0. The van der Waals surface area contributed by atoms with Crippen molar-refractivity contribution in [3.63, 3.8) is 0 Å². The summed E-state index contributed by atoms with van der Waals surface area (Å²) in [6.07, 6.45) is 3.41. The van der Waals surface area contributed by atoms with Crippen molar-refractivity contribution in [2.24, 2.45) is 0 Å². The Morgan fingerprint density at radius 3 is 2.85 bits per heavy atom. The maximum atomic E-state index is 12.0. The molecule has 1 amide bonds. The van der Waals surface area contributed by atoms with E-state index in [1.807, 2.05) is 23.1 Å². The molecular formula is C14H15N3O3. The summed E-state index contributed by atoms with van der Waals surface area (Å²) in [6, 6.07) is 7.31. The first-order valence-corrected chi connectivity index (χ1v) is 6.61. The van der Waals surface area contributed by atoms with Crippen molar-refractivity contribution < 1.29 is 13.9 Å². The van der Waals surface area contributed by atoms with Gasteiger partial charge in [-0.3, -0.25) is 4.79 Å². The zero-order valence-corrected chi connectivity index (χ0v) is 11.0. The molecule has 2 aromatic rings. The molecule has 0 saturated carbocycles. The minimum Gasteiger partial charge on any atom is -0.483 e. The van der Waals surface area contributed by atoms with E-state index in [-0.39, 0.29) is 12.5 Å². The average molecular weight is 273 g/mol. The van der Waals surface area contributed by atoms with Gasteiger partial charge in [0, 0.05) is 13.1 Å². The molecule has 6 heteroatoms. The highest BCUT2D eigenvalue weighted by atomic mass is 16.5. The molecule has 0 atom stereocenters. The van der Waals surface area contributed by atoms with E-state index in [0.717, 1.165) is 25.9 Å². The van der Waals surface area contributed by atoms with Gasteiger partial charge in [-0.05, 0) is 25.0 Å². The number of aromatic nitrogens is 2. The first-order chi connectivity index (χ1) is 9.84. The molecule has 1 aliphatic heterocycles. The van der Waals surface area contributed by atoms with Gasteiger partial charge in [0.15, 0.2) is 6.61 Å². The van der Waals surface area contributed by atoms with Crippen molar-refractivity contribution in [1.82, 2.24) is 15.1 Å². The van der Waals surface area contributed by atoms with Crippen LogP contribution in [0.25, 0.3) is 11.5 Å². The molecule has 0 aliphatic carbocycles. The van der Waals surface area contributed by atoms with Gasteiger partial charge < -0.3 is 14.1 Å². The number of ether oxygens (including phenoxy) is 1. The highest BCUT2D eigenvalue weighted by molar-refractivity contribution is 5.78. The minimum absolute atomic E-state index is 0.0165. The Morgan fingerprint density at radius 1 is 1.30 bits per heavy atom. The summed E-state index contributed by atoms with van der Waals surface area (Å²) in [6.45, 7) is 1.69. The second-order valence-electron chi connectivity index (χ2n) is 4.62. The number of nitrogens with zero attached hydrogens (tertiary/aromatic N) is 3. The molecule has 0 bridgehead atoms. The van der Waals surface area contributed by atoms with E-state index in [1.54, 1.807) is 6.07 Å². The van der Waals surface area contributed by atoms with Gasteiger partial charge in [0.25, 0.3) is 11.8 Å². The summed E-state index contributed by atoms with van der Waals surface area (Å²) >= 11 is 0. The highest BCUT2D eigenvalue weighted by Gasteiger charge is 2.19. The minimum atomic E-state index is 0.0165. The molecular weight excluding hydrogens is 258 g/mol. The number of hydrogen-bond acceptors (Lipinski definition) is 5. The van der Waals surface area contributed by atoms with Crippen molar-refractivity contribution in [1.29, 1.82) is 0 Å². The summed E-state index contributed by atoms with van der Waals surface area (Å²) in [5, 5.41) is 7.51. The fourth-order valence-corrected chi connectivity index (χ4v) is 2.26. The van der Waals surface area contributed by atoms with E-state index in [2.05, 4.69) is 10.2 Å². The normalized spacial score (nSPS) is 14.5. The molecule has 0 radical (unpaired) electrons. The second kappa shape index (κ2) is 5.73. The fourth-order valence-electron chi connectivity index (χ4n) is 2.26. The van der Waals surface area contributed by atoms with Crippen LogP contribution in [0.2, 0.25) is 0 Å². The first kappa shape index (κ1) is 12.7. The maximum absolute atomic E-state index is 12.0. The molecule has 6 nitrogen and oxygen atoms in total. The zero-order chi connectivity index (χ0) is 13.8. The third-order valence-electron chi connectivity index (χ3n) is 3.29. The number of hydrogen-bond donors (Lipinski definition) is 0. The maximum Gasteiger partial charge on any atom is 0.260 e. The standard InChI is InChI=1S/C14H15N3O3/c18-13(17-7-3-4-8-17)9-19-12-6-2-1-5-11(12)14-16-15-10-20-14/h1-2,5-6,10H,3-4,7-9H2. The van der Waals surface area contributed by atoms with Crippen LogP contribution < -0.4 is 4.74 Å². The number of carbonyl (C=O) groups excluding carboxylic acids is 1. The molecule has 0 spiro atoms. The Balaban J connectivity index is 1.70. The van der Waals surface area contributed by atoms with Gasteiger partial charge in [-0.25, -0.2) is 0 Å². The van der Waals surface area contributed by atoms with Gasteiger partial charge >= 0.3 is 0 Å². The van der Waals surface area contributed by atoms with Crippen LogP contribution in [0.3, 0.4) is 0 Å². The predicted molar refractivity (Wildman–Crippen MR) is 71.0 cm³/mol. The van der Waals surface area contributed by atoms with Gasteiger partial charge in [-0.1, -0.05) is 12.1 Å². The highest BCUT2D eigenvalue weighted by Crippen LogP contribution is 2.27. The lowest BCUT2D eigenvalue weighted by molar-refractivity contribution is -0.132. The molecule has 104 valence electrons. The molecule has 1 aromatic heterocycles. The Kier molecular flexibility index (Phi) is 3.62. The lowest BCUT2D eigenvalue weighted by atomic mass is 10.2. The number of amides is 1. The Bertz CT molecular complexity index is 577. The smallest absolute Gasteiger partial charge is 0.260 e. The van der Waals surface area contributed by atoms with Crippen LogP contribution in [-0.4, -0.2) is 40.7 Å². The van der Waals surface area contributed by atoms with E-state index in [1.165, 1.54) is 6.39 Å². The summed E-state index contributed by atoms with van der Waals surface area (Å²) in [5.41, 5.74) is 0.694. The molecule has 1 aromatic carbocycles. The molecule has 1 fully saturated rings. The quantitative estimate of drug-likeness (QED) is 0.848.